The van der Waals surface area contributed by atoms with Gasteiger partial charge in [0.1, 0.15) is 5.82 Å². The number of rotatable bonds is 6. The average Bonchev–Trinajstić information content (AvgIpc) is 3.54. The van der Waals surface area contributed by atoms with E-state index < -0.39 is 0 Å². The number of morpholine rings is 1. The fraction of sp³-hybridized carbons (Fsp3) is 0.310. The number of nitrogens with zero attached hydrogens (tertiary/aromatic N) is 6. The van der Waals surface area contributed by atoms with E-state index in [-0.39, 0.29) is 5.91 Å². The van der Waals surface area contributed by atoms with Crippen molar-refractivity contribution in [2.75, 3.05) is 36.1 Å². The molecular weight excluding hydrogens is 464 g/mol. The van der Waals surface area contributed by atoms with Crippen LogP contribution in [0, 0.1) is 0 Å². The van der Waals surface area contributed by atoms with Gasteiger partial charge in [0.15, 0.2) is 11.6 Å². The van der Waals surface area contributed by atoms with Crippen LogP contribution in [-0.2, 0) is 22.5 Å². The molecular formula is C29H30N6O2. The van der Waals surface area contributed by atoms with Gasteiger partial charge in [-0.2, -0.15) is 5.10 Å². The zero-order valence-corrected chi connectivity index (χ0v) is 21.2. The third-order valence-corrected chi connectivity index (χ3v) is 7.02. The van der Waals surface area contributed by atoms with Crippen LogP contribution in [0.2, 0.25) is 0 Å². The molecule has 0 spiro atoms. The van der Waals surface area contributed by atoms with Crippen molar-refractivity contribution >= 4 is 17.5 Å². The van der Waals surface area contributed by atoms with Crippen molar-refractivity contribution in [1.82, 2.24) is 19.7 Å². The van der Waals surface area contributed by atoms with E-state index in [0.29, 0.717) is 30.5 Å². The summed E-state index contributed by atoms with van der Waals surface area (Å²) in [5, 5.41) is 4.74. The second-order valence-electron chi connectivity index (χ2n) is 9.83. The van der Waals surface area contributed by atoms with Crippen molar-refractivity contribution in [3.05, 3.63) is 83.7 Å². The highest BCUT2D eigenvalue weighted by Crippen LogP contribution is 2.32. The number of ether oxygens (including phenoxy) is 1. The van der Waals surface area contributed by atoms with Crippen molar-refractivity contribution in [1.29, 1.82) is 0 Å². The minimum Gasteiger partial charge on any atom is -0.378 e. The molecule has 0 bridgehead atoms. The van der Waals surface area contributed by atoms with Gasteiger partial charge in [0.25, 0.3) is 0 Å². The lowest BCUT2D eigenvalue weighted by Crippen LogP contribution is -2.36. The van der Waals surface area contributed by atoms with Gasteiger partial charge >= 0.3 is 0 Å². The van der Waals surface area contributed by atoms with E-state index in [4.69, 9.17) is 14.8 Å². The van der Waals surface area contributed by atoms with Gasteiger partial charge in [-0.25, -0.2) is 14.6 Å². The minimum atomic E-state index is 0.0462. The number of anilines is 2. The van der Waals surface area contributed by atoms with E-state index in [2.05, 4.69) is 35.9 Å². The monoisotopic (exact) mass is 494 g/mol. The van der Waals surface area contributed by atoms with Crippen LogP contribution < -0.4 is 9.80 Å². The van der Waals surface area contributed by atoms with Crippen molar-refractivity contribution in [2.45, 2.75) is 32.7 Å². The predicted molar refractivity (Wildman–Crippen MR) is 143 cm³/mol. The Morgan fingerprint density at radius 1 is 1.00 bits per heavy atom. The van der Waals surface area contributed by atoms with Crippen LogP contribution >= 0.6 is 0 Å². The van der Waals surface area contributed by atoms with Crippen LogP contribution in [0.4, 0.5) is 11.6 Å². The number of amides is 1. The van der Waals surface area contributed by atoms with E-state index in [1.54, 1.807) is 11.1 Å². The van der Waals surface area contributed by atoms with E-state index >= 15 is 0 Å². The number of fused-ring (bicyclic) bond motifs is 1. The summed E-state index contributed by atoms with van der Waals surface area (Å²) in [5.74, 6) is 2.72. The molecule has 8 heteroatoms. The van der Waals surface area contributed by atoms with Gasteiger partial charge < -0.3 is 9.64 Å². The predicted octanol–water partition coefficient (Wildman–Crippen LogP) is 4.38. The highest BCUT2D eigenvalue weighted by atomic mass is 16.5. The zero-order valence-electron chi connectivity index (χ0n) is 21.2. The zero-order chi connectivity index (χ0) is 25.4. The molecule has 0 radical (unpaired) electrons. The average molecular weight is 495 g/mol. The standard InChI is InChI=1S/C29H30N6O2/c1-20(2)24-5-3-4-6-25(24)28-30-18-22-17-27(36)34(29(22)31-28)19-21-7-9-23(10-8-21)35-12-11-26(32-35)33-13-15-37-16-14-33/h3-12,18,20H,13-17,19H2,1-2H3. The van der Waals surface area contributed by atoms with E-state index in [0.717, 1.165) is 54.5 Å². The Labute approximate surface area is 216 Å². The third-order valence-electron chi connectivity index (χ3n) is 7.02. The summed E-state index contributed by atoms with van der Waals surface area (Å²) < 4.78 is 7.33. The summed E-state index contributed by atoms with van der Waals surface area (Å²) in [7, 11) is 0. The molecule has 37 heavy (non-hydrogen) atoms. The Hall–Kier alpha value is -4.04. The molecule has 0 saturated carbocycles. The summed E-state index contributed by atoms with van der Waals surface area (Å²) in [4.78, 5) is 26.4. The summed E-state index contributed by atoms with van der Waals surface area (Å²) in [6.45, 7) is 7.97. The topological polar surface area (TPSA) is 76.4 Å². The lowest BCUT2D eigenvalue weighted by atomic mass is 9.97. The molecule has 0 N–H and O–H groups in total. The van der Waals surface area contributed by atoms with Crippen LogP contribution in [0.5, 0.6) is 0 Å². The molecule has 6 rings (SSSR count). The highest BCUT2D eigenvalue weighted by Gasteiger charge is 2.30. The largest absolute Gasteiger partial charge is 0.378 e. The number of hydrogen-bond donors (Lipinski definition) is 0. The van der Waals surface area contributed by atoms with Crippen molar-refractivity contribution in [3.8, 4) is 17.1 Å². The molecule has 2 aromatic carbocycles. The Balaban J connectivity index is 1.22. The Morgan fingerprint density at radius 2 is 1.78 bits per heavy atom. The Kier molecular flexibility index (Phi) is 6.18. The van der Waals surface area contributed by atoms with Gasteiger partial charge in [-0.05, 0) is 29.2 Å². The maximum Gasteiger partial charge on any atom is 0.233 e. The lowest BCUT2D eigenvalue weighted by Gasteiger charge is -2.26. The van der Waals surface area contributed by atoms with Crippen LogP contribution in [0.15, 0.2) is 67.0 Å². The molecule has 0 aliphatic carbocycles. The normalized spacial score (nSPS) is 15.5. The molecule has 188 valence electrons. The molecule has 4 heterocycles. The molecule has 2 aliphatic heterocycles. The van der Waals surface area contributed by atoms with Crippen LogP contribution in [0.3, 0.4) is 0 Å². The first-order valence-corrected chi connectivity index (χ1v) is 12.8. The third kappa shape index (κ3) is 4.60. The van der Waals surface area contributed by atoms with E-state index in [1.807, 2.05) is 53.3 Å². The fourth-order valence-corrected chi connectivity index (χ4v) is 4.99. The maximum atomic E-state index is 12.9. The van der Waals surface area contributed by atoms with Gasteiger partial charge in [0.2, 0.25) is 5.91 Å². The molecule has 2 aromatic heterocycles. The Morgan fingerprint density at radius 3 is 2.57 bits per heavy atom. The summed E-state index contributed by atoms with van der Waals surface area (Å²) in [6, 6.07) is 18.4. The first kappa shape index (κ1) is 23.4. The van der Waals surface area contributed by atoms with Gasteiger partial charge in [0, 0.05) is 42.7 Å². The molecule has 2 aliphatic rings. The molecule has 0 atom stereocenters. The lowest BCUT2D eigenvalue weighted by molar-refractivity contribution is -0.117. The van der Waals surface area contributed by atoms with Gasteiger partial charge in [0.05, 0.1) is 31.9 Å². The van der Waals surface area contributed by atoms with E-state index in [9.17, 15) is 4.79 Å². The minimum absolute atomic E-state index is 0.0462. The van der Waals surface area contributed by atoms with Crippen LogP contribution in [0.1, 0.15) is 36.5 Å². The van der Waals surface area contributed by atoms with Gasteiger partial charge in [-0.15, -0.1) is 0 Å². The summed E-state index contributed by atoms with van der Waals surface area (Å²) in [5.41, 5.74) is 5.10. The van der Waals surface area contributed by atoms with E-state index in [1.165, 1.54) is 5.56 Å². The highest BCUT2D eigenvalue weighted by molar-refractivity contribution is 6.00. The first-order chi connectivity index (χ1) is 18.1. The molecule has 1 amide bonds. The van der Waals surface area contributed by atoms with Crippen LogP contribution in [-0.4, -0.2) is 52.0 Å². The second kappa shape index (κ2) is 9.78. The summed E-state index contributed by atoms with van der Waals surface area (Å²) in [6.07, 6.45) is 4.12. The maximum absolute atomic E-state index is 12.9. The van der Waals surface area contributed by atoms with Gasteiger partial charge in [-0.3, -0.25) is 9.69 Å². The molecule has 0 unspecified atom stereocenters. The number of benzene rings is 2. The Bertz CT molecular complexity index is 1420. The second-order valence-corrected chi connectivity index (χ2v) is 9.83. The molecule has 1 saturated heterocycles. The van der Waals surface area contributed by atoms with Crippen molar-refractivity contribution < 1.29 is 9.53 Å². The SMILES string of the molecule is CC(C)c1ccccc1-c1ncc2c(n1)N(Cc1ccc(-n3ccc(N4CCOCC4)n3)cc1)C(=O)C2. The number of carbonyl (C=O) groups excluding carboxylic acids is 1. The van der Waals surface area contributed by atoms with Crippen LogP contribution in [0.25, 0.3) is 17.1 Å². The molecule has 4 aromatic rings. The molecule has 8 nitrogen and oxygen atoms in total. The van der Waals surface area contributed by atoms with Crippen molar-refractivity contribution in [3.63, 3.8) is 0 Å². The summed E-state index contributed by atoms with van der Waals surface area (Å²) >= 11 is 0. The number of aromatic nitrogens is 4. The van der Waals surface area contributed by atoms with Crippen molar-refractivity contribution in [2.24, 2.45) is 0 Å². The quantitative estimate of drug-likeness (QED) is 0.396. The first-order valence-electron chi connectivity index (χ1n) is 12.8. The fourth-order valence-electron chi connectivity index (χ4n) is 4.99. The number of carbonyl (C=O) groups is 1. The van der Waals surface area contributed by atoms with Gasteiger partial charge in [-0.1, -0.05) is 50.2 Å². The smallest absolute Gasteiger partial charge is 0.233 e. The molecule has 1 fully saturated rings. The number of hydrogen-bond acceptors (Lipinski definition) is 6.